The van der Waals surface area contributed by atoms with Crippen LogP contribution in [0.3, 0.4) is 0 Å². The smallest absolute Gasteiger partial charge is 0.188 e. The van der Waals surface area contributed by atoms with E-state index in [4.69, 9.17) is 14.7 Å². The van der Waals surface area contributed by atoms with Crippen molar-refractivity contribution in [1.29, 1.82) is 0 Å². The van der Waals surface area contributed by atoms with Gasteiger partial charge in [-0.25, -0.2) is 9.78 Å². The Balaban J connectivity index is 1.84. The van der Waals surface area contributed by atoms with Crippen LogP contribution in [0.1, 0.15) is 19.8 Å². The van der Waals surface area contributed by atoms with Crippen molar-refractivity contribution >= 4 is 0 Å². The molecule has 1 saturated heterocycles. The Labute approximate surface area is 66.0 Å². The highest BCUT2D eigenvalue weighted by Crippen LogP contribution is 2.09. The van der Waals surface area contributed by atoms with E-state index < -0.39 is 6.29 Å². The summed E-state index contributed by atoms with van der Waals surface area (Å²) in [5, 5.41) is 8.99. The van der Waals surface area contributed by atoms with Crippen molar-refractivity contribution in [3.8, 4) is 0 Å². The Bertz CT molecular complexity index is 103. The Morgan fingerprint density at radius 1 is 1.73 bits per heavy atom. The molecule has 11 heavy (non-hydrogen) atoms. The molecule has 0 bridgehead atoms. The van der Waals surface area contributed by atoms with Crippen LogP contribution in [0.2, 0.25) is 0 Å². The van der Waals surface area contributed by atoms with Gasteiger partial charge in [0.2, 0.25) is 0 Å². The molecule has 0 spiro atoms. The third kappa shape index (κ3) is 4.31. The molecule has 0 saturated carbocycles. The van der Waals surface area contributed by atoms with E-state index in [-0.39, 0.29) is 6.10 Å². The zero-order valence-corrected chi connectivity index (χ0v) is 6.66. The summed E-state index contributed by atoms with van der Waals surface area (Å²) in [7, 11) is 0. The number of hydrogen-bond donors (Lipinski definition) is 1. The summed E-state index contributed by atoms with van der Waals surface area (Å²) in [6.07, 6.45) is 0.873. The molecule has 1 heterocycles. The number of rotatable bonds is 6. The lowest BCUT2D eigenvalue weighted by Crippen LogP contribution is -2.14. The van der Waals surface area contributed by atoms with Gasteiger partial charge in [-0.05, 0) is 0 Å². The van der Waals surface area contributed by atoms with Crippen LogP contribution >= 0.6 is 0 Å². The van der Waals surface area contributed by atoms with Crippen molar-refractivity contribution in [2.45, 2.75) is 32.2 Å². The van der Waals surface area contributed by atoms with E-state index in [1.165, 1.54) is 0 Å². The number of aliphatic hydroxyl groups excluding tert-OH is 1. The lowest BCUT2D eigenvalue weighted by molar-refractivity contribution is -0.371. The van der Waals surface area contributed by atoms with E-state index in [0.29, 0.717) is 13.0 Å². The molecule has 1 fully saturated rings. The Hall–Kier alpha value is -0.160. The van der Waals surface area contributed by atoms with E-state index in [0.717, 1.165) is 13.0 Å². The van der Waals surface area contributed by atoms with Crippen molar-refractivity contribution in [2.24, 2.45) is 0 Å². The molecule has 0 aliphatic carbocycles. The van der Waals surface area contributed by atoms with Crippen molar-refractivity contribution in [1.82, 2.24) is 0 Å². The normalized spacial score (nSPS) is 25.1. The maximum Gasteiger partial charge on any atom is 0.188 e. The van der Waals surface area contributed by atoms with E-state index in [2.05, 4.69) is 4.89 Å². The summed E-state index contributed by atoms with van der Waals surface area (Å²) < 4.78 is 4.86. The number of hydrogen-bond acceptors (Lipinski definition) is 4. The van der Waals surface area contributed by atoms with Crippen molar-refractivity contribution in [2.75, 3.05) is 13.2 Å². The van der Waals surface area contributed by atoms with E-state index >= 15 is 0 Å². The van der Waals surface area contributed by atoms with Crippen LogP contribution in [0, 0.1) is 0 Å². The highest BCUT2D eigenvalue weighted by Gasteiger charge is 2.23. The second-order valence-electron chi connectivity index (χ2n) is 2.58. The highest BCUT2D eigenvalue weighted by atomic mass is 17.2. The first-order valence-electron chi connectivity index (χ1n) is 3.91. The van der Waals surface area contributed by atoms with Gasteiger partial charge in [0.25, 0.3) is 0 Å². The molecule has 2 atom stereocenters. The van der Waals surface area contributed by atoms with Crippen LogP contribution < -0.4 is 0 Å². The summed E-state index contributed by atoms with van der Waals surface area (Å²) in [6.45, 7) is 3.13. The lowest BCUT2D eigenvalue weighted by atomic mass is 10.3. The Morgan fingerprint density at radius 2 is 2.45 bits per heavy atom. The van der Waals surface area contributed by atoms with Gasteiger partial charge in [0, 0.05) is 6.42 Å². The topological polar surface area (TPSA) is 51.2 Å². The summed E-state index contributed by atoms with van der Waals surface area (Å²) in [4.78, 5) is 9.31. The summed E-state index contributed by atoms with van der Waals surface area (Å²) >= 11 is 0. The van der Waals surface area contributed by atoms with Crippen LogP contribution in [-0.4, -0.2) is 30.7 Å². The highest BCUT2D eigenvalue weighted by molar-refractivity contribution is 4.66. The van der Waals surface area contributed by atoms with Crippen LogP contribution in [0.15, 0.2) is 0 Å². The molecule has 1 aliphatic heterocycles. The molecular formula is C7H14O4. The largest absolute Gasteiger partial charge is 0.370 e. The number of aliphatic hydroxyl groups is 1. The number of ether oxygens (including phenoxy) is 1. The quantitative estimate of drug-likeness (QED) is 0.267. The fraction of sp³-hybridized carbons (Fsp3) is 1.00. The van der Waals surface area contributed by atoms with Crippen LogP contribution in [0.4, 0.5) is 0 Å². The zero-order chi connectivity index (χ0) is 8.10. The standard InChI is InChI=1S/C7H14O4/c1-2-3-7(8)11-10-5-6-4-9-6/h6-8H,2-5H2,1H3. The third-order valence-corrected chi connectivity index (χ3v) is 1.37. The first-order chi connectivity index (χ1) is 5.33. The average Bonchev–Trinajstić information content (AvgIpc) is 2.72. The Kier molecular flexibility index (Phi) is 3.79. The second kappa shape index (κ2) is 4.66. The molecule has 1 rings (SSSR count). The molecule has 2 unspecified atom stereocenters. The SMILES string of the molecule is CCCC(O)OOCC1CO1. The molecule has 0 radical (unpaired) electrons. The zero-order valence-electron chi connectivity index (χ0n) is 6.66. The molecule has 0 aromatic rings. The van der Waals surface area contributed by atoms with Crippen molar-refractivity contribution in [3.05, 3.63) is 0 Å². The van der Waals surface area contributed by atoms with Gasteiger partial charge in [-0.3, -0.25) is 0 Å². The fourth-order valence-electron chi connectivity index (χ4n) is 0.653. The fourth-order valence-corrected chi connectivity index (χ4v) is 0.653. The summed E-state index contributed by atoms with van der Waals surface area (Å²) in [6, 6.07) is 0. The molecule has 0 aromatic carbocycles. The van der Waals surface area contributed by atoms with Gasteiger partial charge >= 0.3 is 0 Å². The van der Waals surface area contributed by atoms with Gasteiger partial charge in [0.05, 0.1) is 6.61 Å². The second-order valence-corrected chi connectivity index (χ2v) is 2.58. The monoisotopic (exact) mass is 162 g/mol. The van der Waals surface area contributed by atoms with Crippen LogP contribution in [-0.2, 0) is 14.5 Å². The predicted octanol–water partition coefficient (Wildman–Crippen LogP) is 0.452. The average molecular weight is 162 g/mol. The molecular weight excluding hydrogens is 148 g/mol. The minimum Gasteiger partial charge on any atom is -0.370 e. The van der Waals surface area contributed by atoms with E-state index in [1.54, 1.807) is 0 Å². The Morgan fingerprint density at radius 3 is 3.00 bits per heavy atom. The summed E-state index contributed by atoms with van der Waals surface area (Å²) in [5.41, 5.74) is 0. The first kappa shape index (κ1) is 8.93. The van der Waals surface area contributed by atoms with E-state index in [9.17, 15) is 0 Å². The third-order valence-electron chi connectivity index (χ3n) is 1.37. The van der Waals surface area contributed by atoms with Gasteiger partial charge in [0.15, 0.2) is 6.29 Å². The maximum absolute atomic E-state index is 8.99. The molecule has 66 valence electrons. The van der Waals surface area contributed by atoms with Crippen LogP contribution in [0.5, 0.6) is 0 Å². The lowest BCUT2D eigenvalue weighted by Gasteiger charge is -2.07. The predicted molar refractivity (Wildman–Crippen MR) is 37.7 cm³/mol. The van der Waals surface area contributed by atoms with Gasteiger partial charge < -0.3 is 9.84 Å². The van der Waals surface area contributed by atoms with Gasteiger partial charge in [0.1, 0.15) is 12.7 Å². The molecule has 0 aromatic heterocycles. The molecule has 1 aliphatic rings. The molecule has 1 N–H and O–H groups in total. The van der Waals surface area contributed by atoms with Gasteiger partial charge in [-0.15, -0.1) is 0 Å². The van der Waals surface area contributed by atoms with Gasteiger partial charge in [-0.2, -0.15) is 0 Å². The molecule has 4 heteroatoms. The number of epoxide rings is 1. The molecule has 0 amide bonds. The summed E-state index contributed by atoms with van der Waals surface area (Å²) in [5.74, 6) is 0. The van der Waals surface area contributed by atoms with Crippen molar-refractivity contribution < 1.29 is 19.6 Å². The van der Waals surface area contributed by atoms with Gasteiger partial charge in [-0.1, -0.05) is 13.3 Å². The minimum atomic E-state index is -0.793. The first-order valence-corrected chi connectivity index (χ1v) is 3.91. The van der Waals surface area contributed by atoms with E-state index in [1.807, 2.05) is 6.92 Å². The maximum atomic E-state index is 8.99. The van der Waals surface area contributed by atoms with Crippen molar-refractivity contribution in [3.63, 3.8) is 0 Å². The molecule has 4 nitrogen and oxygen atoms in total. The van der Waals surface area contributed by atoms with Crippen LogP contribution in [0.25, 0.3) is 0 Å². The minimum absolute atomic E-state index is 0.184.